The smallest absolute Gasteiger partial charge is 0.358 e. The molecule has 0 saturated carbocycles. The maximum atomic E-state index is 10.5. The van der Waals surface area contributed by atoms with Crippen molar-refractivity contribution in [3.63, 3.8) is 0 Å². The monoisotopic (exact) mass is 346 g/mol. The zero-order valence-corrected chi connectivity index (χ0v) is 10.8. The Balaban J connectivity index is 2.46. The Morgan fingerprint density at radius 1 is 1.44 bits per heavy atom. The molecule has 0 N–H and O–H groups in total. The van der Waals surface area contributed by atoms with E-state index in [0.717, 1.165) is 4.47 Å². The minimum Gasteiger partial charge on any atom is -0.358 e. The molecule has 0 aliphatic rings. The number of nitrogens with zero attached hydrogens (tertiary/aromatic N) is 4. The van der Waals surface area contributed by atoms with Gasteiger partial charge in [-0.05, 0) is 42.8 Å². The number of hydrogen-bond donors (Lipinski definition) is 0. The predicted octanol–water partition coefficient (Wildman–Crippen LogP) is 2.70. The molecule has 2 rings (SSSR count). The molecule has 0 radical (unpaired) electrons. The van der Waals surface area contributed by atoms with Crippen molar-refractivity contribution >= 4 is 37.7 Å². The van der Waals surface area contributed by atoms with Gasteiger partial charge in [0.2, 0.25) is 0 Å². The molecule has 8 heteroatoms. The fourth-order valence-corrected chi connectivity index (χ4v) is 2.27. The zero-order chi connectivity index (χ0) is 11.7. The molecule has 16 heavy (non-hydrogen) atoms. The van der Waals surface area contributed by atoms with Crippen molar-refractivity contribution in [1.29, 1.82) is 0 Å². The van der Waals surface area contributed by atoms with Crippen molar-refractivity contribution in [3.8, 4) is 5.82 Å². The summed E-state index contributed by atoms with van der Waals surface area (Å²) in [6, 6.07) is 3.10. The maximum absolute atomic E-state index is 10.5. The van der Waals surface area contributed by atoms with Crippen molar-refractivity contribution in [1.82, 2.24) is 14.8 Å². The Kier molecular flexibility index (Phi) is 3.01. The van der Waals surface area contributed by atoms with Gasteiger partial charge in [-0.1, -0.05) is 0 Å². The van der Waals surface area contributed by atoms with Crippen LogP contribution in [0.2, 0.25) is 0 Å². The largest absolute Gasteiger partial charge is 0.390 e. The molecule has 0 atom stereocenters. The van der Waals surface area contributed by atoms with Crippen molar-refractivity contribution < 1.29 is 4.92 Å². The lowest BCUT2D eigenvalue weighted by Crippen LogP contribution is -2.00. The van der Waals surface area contributed by atoms with Gasteiger partial charge in [0.05, 0.1) is 21.8 Å². The summed E-state index contributed by atoms with van der Waals surface area (Å²) in [5.74, 6) is 0.285. The molecule has 0 aromatic carbocycles. The van der Waals surface area contributed by atoms with Gasteiger partial charge in [-0.3, -0.25) is 0 Å². The number of hydrogen-bond acceptors (Lipinski definition) is 4. The molecule has 2 heterocycles. The van der Waals surface area contributed by atoms with Crippen molar-refractivity contribution in [2.24, 2.45) is 0 Å². The standard InChI is InChI=1S/C8H4Br2N4O2/c9-5-3-6(10)8(11-4-5)13-2-1-7(12-13)14(15)16/h1-4H. The Morgan fingerprint density at radius 2 is 2.19 bits per heavy atom. The normalized spacial score (nSPS) is 10.4. The van der Waals surface area contributed by atoms with E-state index in [2.05, 4.69) is 41.9 Å². The third-order valence-corrected chi connectivity index (χ3v) is 2.78. The summed E-state index contributed by atoms with van der Waals surface area (Å²) in [5, 5.41) is 14.3. The molecule has 0 bridgehead atoms. The number of nitro groups is 1. The number of halogens is 2. The molecule has 0 aliphatic carbocycles. The van der Waals surface area contributed by atoms with Crippen LogP contribution >= 0.6 is 31.9 Å². The number of aromatic nitrogens is 3. The van der Waals surface area contributed by atoms with E-state index in [-0.39, 0.29) is 5.82 Å². The SMILES string of the molecule is O=[N+]([O-])c1ccn(-c2ncc(Br)cc2Br)n1. The van der Waals surface area contributed by atoms with Gasteiger partial charge < -0.3 is 10.1 Å². The molecule has 2 aromatic rings. The molecule has 0 unspecified atom stereocenters. The van der Waals surface area contributed by atoms with Gasteiger partial charge in [-0.15, -0.1) is 4.68 Å². The van der Waals surface area contributed by atoms with E-state index >= 15 is 0 Å². The predicted molar refractivity (Wildman–Crippen MR) is 63.4 cm³/mol. The van der Waals surface area contributed by atoms with E-state index < -0.39 is 4.92 Å². The first-order valence-electron chi connectivity index (χ1n) is 4.09. The Hall–Kier alpha value is -1.28. The van der Waals surface area contributed by atoms with Crippen molar-refractivity contribution in [3.05, 3.63) is 43.6 Å². The quantitative estimate of drug-likeness (QED) is 0.618. The summed E-state index contributed by atoms with van der Waals surface area (Å²) in [4.78, 5) is 14.0. The third kappa shape index (κ3) is 2.12. The summed E-state index contributed by atoms with van der Waals surface area (Å²) in [7, 11) is 0. The average Bonchev–Trinajstić information content (AvgIpc) is 2.66. The van der Waals surface area contributed by atoms with E-state index in [1.807, 2.05) is 0 Å². The molecule has 0 spiro atoms. The van der Waals surface area contributed by atoms with Crippen LogP contribution in [0.25, 0.3) is 5.82 Å². The first-order chi connectivity index (χ1) is 7.58. The van der Waals surface area contributed by atoms with E-state index in [1.165, 1.54) is 16.9 Å². The highest BCUT2D eigenvalue weighted by atomic mass is 79.9. The molecule has 0 amide bonds. The topological polar surface area (TPSA) is 73.8 Å². The summed E-state index contributed by atoms with van der Waals surface area (Å²) < 4.78 is 2.85. The summed E-state index contributed by atoms with van der Waals surface area (Å²) >= 11 is 6.57. The highest BCUT2D eigenvalue weighted by Gasteiger charge is 2.14. The van der Waals surface area contributed by atoms with Crippen molar-refractivity contribution in [2.45, 2.75) is 0 Å². The Bertz CT molecular complexity index is 555. The van der Waals surface area contributed by atoms with E-state index in [0.29, 0.717) is 10.3 Å². The highest BCUT2D eigenvalue weighted by Crippen LogP contribution is 2.22. The number of rotatable bonds is 2. The van der Waals surface area contributed by atoms with Gasteiger partial charge in [0.1, 0.15) is 0 Å². The van der Waals surface area contributed by atoms with Gasteiger partial charge in [-0.2, -0.15) is 0 Å². The fraction of sp³-hybridized carbons (Fsp3) is 0. The fourth-order valence-electron chi connectivity index (χ4n) is 1.11. The number of pyridine rings is 1. The summed E-state index contributed by atoms with van der Waals surface area (Å²) in [6.45, 7) is 0. The van der Waals surface area contributed by atoms with Crippen LogP contribution in [-0.2, 0) is 0 Å². The van der Waals surface area contributed by atoms with Crippen LogP contribution in [0.1, 0.15) is 0 Å². The lowest BCUT2D eigenvalue weighted by molar-refractivity contribution is -0.389. The Labute approximate surface area is 107 Å². The van der Waals surface area contributed by atoms with Crippen LogP contribution < -0.4 is 0 Å². The van der Waals surface area contributed by atoms with Crippen LogP contribution in [0.4, 0.5) is 5.82 Å². The van der Waals surface area contributed by atoms with Crippen LogP contribution in [0.5, 0.6) is 0 Å². The van der Waals surface area contributed by atoms with Crippen molar-refractivity contribution in [2.75, 3.05) is 0 Å². The summed E-state index contributed by atoms with van der Waals surface area (Å²) in [5.41, 5.74) is 0. The molecular weight excluding hydrogens is 344 g/mol. The first-order valence-corrected chi connectivity index (χ1v) is 5.68. The minimum atomic E-state index is -0.552. The molecule has 6 nitrogen and oxygen atoms in total. The third-order valence-electron chi connectivity index (χ3n) is 1.77. The van der Waals surface area contributed by atoms with E-state index in [4.69, 9.17) is 0 Å². The molecule has 0 aliphatic heterocycles. The van der Waals surface area contributed by atoms with Crippen LogP contribution in [0.3, 0.4) is 0 Å². The molecule has 82 valence electrons. The van der Waals surface area contributed by atoms with Gasteiger partial charge in [0.15, 0.2) is 5.82 Å². The van der Waals surface area contributed by atoms with Gasteiger partial charge in [-0.25, -0.2) is 4.98 Å². The van der Waals surface area contributed by atoms with Gasteiger partial charge in [0.25, 0.3) is 0 Å². The molecule has 0 fully saturated rings. The van der Waals surface area contributed by atoms with Crippen LogP contribution in [0.15, 0.2) is 33.5 Å². The molecule has 2 aromatic heterocycles. The van der Waals surface area contributed by atoms with Crippen LogP contribution in [0, 0.1) is 10.1 Å². The Morgan fingerprint density at radius 3 is 2.75 bits per heavy atom. The lowest BCUT2D eigenvalue weighted by Gasteiger charge is -1.99. The highest BCUT2D eigenvalue weighted by molar-refractivity contribution is 9.11. The van der Waals surface area contributed by atoms with Gasteiger partial charge >= 0.3 is 5.82 Å². The first kappa shape index (κ1) is 11.2. The maximum Gasteiger partial charge on any atom is 0.390 e. The second-order valence-electron chi connectivity index (χ2n) is 2.83. The average molecular weight is 348 g/mol. The lowest BCUT2D eigenvalue weighted by atomic mass is 10.5. The second kappa shape index (κ2) is 4.30. The minimum absolute atomic E-state index is 0.211. The second-order valence-corrected chi connectivity index (χ2v) is 4.60. The van der Waals surface area contributed by atoms with Gasteiger partial charge in [0, 0.05) is 10.7 Å². The van der Waals surface area contributed by atoms with Crippen LogP contribution in [-0.4, -0.2) is 19.7 Å². The molecular formula is C8H4Br2N4O2. The zero-order valence-electron chi connectivity index (χ0n) is 7.67. The summed E-state index contributed by atoms with van der Waals surface area (Å²) in [6.07, 6.45) is 3.08. The van der Waals surface area contributed by atoms with E-state index in [9.17, 15) is 10.1 Å². The molecule has 0 saturated heterocycles. The van der Waals surface area contributed by atoms with E-state index in [1.54, 1.807) is 12.3 Å².